The molecular formula is C21H25N3O2S. The molecule has 3 rings (SSSR count). The van der Waals surface area contributed by atoms with Crippen LogP contribution in [0.5, 0.6) is 0 Å². The predicted molar refractivity (Wildman–Crippen MR) is 109 cm³/mol. The Morgan fingerprint density at radius 1 is 1.22 bits per heavy atom. The van der Waals surface area contributed by atoms with Crippen LogP contribution in [0.15, 0.2) is 54.0 Å². The first-order valence-electron chi connectivity index (χ1n) is 9.16. The van der Waals surface area contributed by atoms with Crippen molar-refractivity contribution in [3.05, 3.63) is 59.6 Å². The number of carboxylic acid groups (broad SMARTS) is 1. The molecule has 0 saturated heterocycles. The summed E-state index contributed by atoms with van der Waals surface area (Å²) in [5.41, 5.74) is 3.01. The van der Waals surface area contributed by atoms with Crippen LogP contribution in [0.3, 0.4) is 0 Å². The molecule has 0 amide bonds. The molecule has 3 aromatic rings. The third-order valence-corrected chi connectivity index (χ3v) is 5.25. The first-order valence-corrected chi connectivity index (χ1v) is 10.0. The molecular weight excluding hydrogens is 358 g/mol. The molecule has 0 saturated carbocycles. The number of para-hydroxylation sites is 1. The number of carboxylic acids is 1. The zero-order valence-electron chi connectivity index (χ0n) is 15.6. The SMILES string of the molecule is CC(C)CC(CNCc1cn(-c2ccccc2)nc1-c1cccs1)C(=O)O. The van der Waals surface area contributed by atoms with Gasteiger partial charge in [-0.05, 0) is 35.9 Å². The molecule has 0 spiro atoms. The molecule has 0 aliphatic rings. The minimum Gasteiger partial charge on any atom is -0.481 e. The molecule has 0 aliphatic heterocycles. The van der Waals surface area contributed by atoms with Gasteiger partial charge in [0.05, 0.1) is 16.5 Å². The molecule has 2 heterocycles. The maximum absolute atomic E-state index is 11.5. The summed E-state index contributed by atoms with van der Waals surface area (Å²) in [6.07, 6.45) is 2.69. The molecule has 27 heavy (non-hydrogen) atoms. The third kappa shape index (κ3) is 5.05. The summed E-state index contributed by atoms with van der Waals surface area (Å²) >= 11 is 1.65. The summed E-state index contributed by atoms with van der Waals surface area (Å²) in [5, 5.41) is 19.6. The second kappa shape index (κ2) is 8.97. The van der Waals surface area contributed by atoms with Gasteiger partial charge in [0.2, 0.25) is 0 Å². The van der Waals surface area contributed by atoms with E-state index >= 15 is 0 Å². The Balaban J connectivity index is 1.77. The zero-order chi connectivity index (χ0) is 19.2. The van der Waals surface area contributed by atoms with Gasteiger partial charge in [-0.15, -0.1) is 11.3 Å². The van der Waals surface area contributed by atoms with Crippen molar-refractivity contribution in [1.82, 2.24) is 15.1 Å². The Bertz CT molecular complexity index is 857. The lowest BCUT2D eigenvalue weighted by Gasteiger charge is -2.15. The van der Waals surface area contributed by atoms with E-state index in [0.29, 0.717) is 25.4 Å². The normalized spacial score (nSPS) is 12.4. The summed E-state index contributed by atoms with van der Waals surface area (Å²) in [6, 6.07) is 14.1. The highest BCUT2D eigenvalue weighted by atomic mass is 32.1. The van der Waals surface area contributed by atoms with Gasteiger partial charge in [-0.1, -0.05) is 38.1 Å². The summed E-state index contributed by atoms with van der Waals surface area (Å²) < 4.78 is 1.88. The molecule has 0 radical (unpaired) electrons. The number of hydrogen-bond donors (Lipinski definition) is 2. The summed E-state index contributed by atoms with van der Waals surface area (Å²) in [7, 11) is 0. The lowest BCUT2D eigenvalue weighted by Crippen LogP contribution is -2.29. The fourth-order valence-electron chi connectivity index (χ4n) is 3.09. The lowest BCUT2D eigenvalue weighted by molar-refractivity contribution is -0.142. The maximum atomic E-state index is 11.5. The molecule has 1 atom stereocenters. The van der Waals surface area contributed by atoms with Crippen molar-refractivity contribution in [2.45, 2.75) is 26.8 Å². The van der Waals surface area contributed by atoms with Crippen LogP contribution >= 0.6 is 11.3 Å². The minimum absolute atomic E-state index is 0.357. The van der Waals surface area contributed by atoms with Gasteiger partial charge in [0.25, 0.3) is 0 Å². The number of rotatable bonds is 9. The van der Waals surface area contributed by atoms with Crippen LogP contribution in [0.1, 0.15) is 25.8 Å². The molecule has 6 heteroatoms. The van der Waals surface area contributed by atoms with Gasteiger partial charge < -0.3 is 10.4 Å². The summed E-state index contributed by atoms with van der Waals surface area (Å²) in [4.78, 5) is 12.6. The van der Waals surface area contributed by atoms with Crippen LogP contribution in [0, 0.1) is 11.8 Å². The number of thiophene rings is 1. The van der Waals surface area contributed by atoms with E-state index in [4.69, 9.17) is 5.10 Å². The van der Waals surface area contributed by atoms with Crippen LogP contribution in [-0.2, 0) is 11.3 Å². The summed E-state index contributed by atoms with van der Waals surface area (Å²) in [6.45, 7) is 5.14. The van der Waals surface area contributed by atoms with E-state index in [1.165, 1.54) is 0 Å². The topological polar surface area (TPSA) is 67.2 Å². The van der Waals surface area contributed by atoms with Gasteiger partial charge in [0, 0.05) is 24.8 Å². The molecule has 0 aliphatic carbocycles. The summed E-state index contributed by atoms with van der Waals surface area (Å²) in [5.74, 6) is -0.760. The molecule has 5 nitrogen and oxygen atoms in total. The van der Waals surface area contributed by atoms with Crippen molar-refractivity contribution in [1.29, 1.82) is 0 Å². The third-order valence-electron chi connectivity index (χ3n) is 4.38. The highest BCUT2D eigenvalue weighted by molar-refractivity contribution is 7.13. The van der Waals surface area contributed by atoms with Gasteiger partial charge >= 0.3 is 5.97 Å². The minimum atomic E-state index is -0.741. The Kier molecular flexibility index (Phi) is 6.42. The molecule has 142 valence electrons. The standard InChI is InChI=1S/C21H25N3O2S/c1-15(2)11-16(21(25)26)12-22-13-17-14-24(18-7-4-3-5-8-18)23-20(17)19-9-6-10-27-19/h3-10,14-16,22H,11-13H2,1-2H3,(H,25,26). The largest absolute Gasteiger partial charge is 0.481 e. The molecule has 1 aromatic carbocycles. The van der Waals surface area contributed by atoms with E-state index in [9.17, 15) is 9.90 Å². The smallest absolute Gasteiger partial charge is 0.307 e. The average molecular weight is 384 g/mol. The molecule has 0 fully saturated rings. The maximum Gasteiger partial charge on any atom is 0.307 e. The Morgan fingerprint density at radius 2 is 2.00 bits per heavy atom. The lowest BCUT2D eigenvalue weighted by atomic mass is 9.97. The number of nitrogens with one attached hydrogen (secondary N) is 1. The molecule has 0 bridgehead atoms. The quantitative estimate of drug-likeness (QED) is 0.573. The first kappa shape index (κ1) is 19.3. The predicted octanol–water partition coefficient (Wildman–Crippen LogP) is 4.44. The Labute approximate surface area is 163 Å². The highest BCUT2D eigenvalue weighted by Crippen LogP contribution is 2.27. The second-order valence-electron chi connectivity index (χ2n) is 7.06. The van der Waals surface area contributed by atoms with Crippen molar-refractivity contribution in [2.24, 2.45) is 11.8 Å². The fraction of sp³-hybridized carbons (Fsp3) is 0.333. The number of carbonyl (C=O) groups is 1. The van der Waals surface area contributed by atoms with Crippen molar-refractivity contribution in [3.63, 3.8) is 0 Å². The molecule has 2 N–H and O–H groups in total. The monoisotopic (exact) mass is 383 g/mol. The van der Waals surface area contributed by atoms with Crippen LogP contribution in [-0.4, -0.2) is 27.4 Å². The number of hydrogen-bond acceptors (Lipinski definition) is 4. The van der Waals surface area contributed by atoms with Crippen LogP contribution < -0.4 is 5.32 Å². The van der Waals surface area contributed by atoms with E-state index in [0.717, 1.165) is 21.8 Å². The average Bonchev–Trinajstić information content (AvgIpc) is 3.30. The van der Waals surface area contributed by atoms with E-state index in [-0.39, 0.29) is 5.92 Å². The van der Waals surface area contributed by atoms with Crippen molar-refractivity contribution in [2.75, 3.05) is 6.54 Å². The fourth-order valence-corrected chi connectivity index (χ4v) is 3.84. The zero-order valence-corrected chi connectivity index (χ0v) is 16.4. The van der Waals surface area contributed by atoms with Crippen LogP contribution in [0.2, 0.25) is 0 Å². The number of aromatic nitrogens is 2. The van der Waals surface area contributed by atoms with Gasteiger partial charge in [-0.25, -0.2) is 4.68 Å². The Hall–Kier alpha value is -2.44. The molecule has 1 unspecified atom stereocenters. The molecule has 2 aromatic heterocycles. The van der Waals surface area contributed by atoms with Gasteiger partial charge in [0.1, 0.15) is 5.69 Å². The van der Waals surface area contributed by atoms with E-state index < -0.39 is 5.97 Å². The number of nitrogens with zero attached hydrogens (tertiary/aromatic N) is 2. The van der Waals surface area contributed by atoms with Gasteiger partial charge in [-0.2, -0.15) is 5.10 Å². The Morgan fingerprint density at radius 3 is 2.63 bits per heavy atom. The van der Waals surface area contributed by atoms with Crippen LogP contribution in [0.4, 0.5) is 0 Å². The van der Waals surface area contributed by atoms with Crippen molar-refractivity contribution < 1.29 is 9.90 Å². The van der Waals surface area contributed by atoms with Crippen molar-refractivity contribution >= 4 is 17.3 Å². The van der Waals surface area contributed by atoms with Crippen molar-refractivity contribution in [3.8, 4) is 16.3 Å². The van der Waals surface area contributed by atoms with Crippen LogP contribution in [0.25, 0.3) is 16.3 Å². The van der Waals surface area contributed by atoms with E-state index in [2.05, 4.69) is 25.2 Å². The second-order valence-corrected chi connectivity index (χ2v) is 8.00. The first-order chi connectivity index (χ1) is 13.0. The van der Waals surface area contributed by atoms with Gasteiger partial charge in [0.15, 0.2) is 0 Å². The highest BCUT2D eigenvalue weighted by Gasteiger charge is 2.19. The number of benzene rings is 1. The number of aliphatic carboxylic acids is 1. The van der Waals surface area contributed by atoms with E-state index in [1.54, 1.807) is 11.3 Å². The van der Waals surface area contributed by atoms with Gasteiger partial charge in [-0.3, -0.25) is 4.79 Å². The van der Waals surface area contributed by atoms with E-state index in [1.807, 2.05) is 52.7 Å².